The Bertz CT molecular complexity index is 786. The number of nitrogens with one attached hydrogen (secondary N) is 2. The van der Waals surface area contributed by atoms with Crippen molar-refractivity contribution in [1.29, 1.82) is 0 Å². The van der Waals surface area contributed by atoms with Crippen LogP contribution < -0.4 is 10.6 Å². The molecule has 2 rings (SSSR count). The Balaban J connectivity index is 2.40. The van der Waals surface area contributed by atoms with Crippen LogP contribution in [0.2, 0.25) is 0 Å². The van der Waals surface area contributed by atoms with Gasteiger partial charge in [0.25, 0.3) is 0 Å². The van der Waals surface area contributed by atoms with Crippen molar-refractivity contribution < 1.29 is 14.3 Å². The number of pyridine rings is 1. The minimum atomic E-state index is -0.626. The molecule has 2 N–H and O–H groups in total. The van der Waals surface area contributed by atoms with Crippen LogP contribution >= 0.6 is 0 Å². The topological polar surface area (TPSA) is 98.1 Å². The van der Waals surface area contributed by atoms with Gasteiger partial charge >= 0.3 is 6.09 Å². The number of hydrogen-bond acceptors (Lipinski definition) is 5. The summed E-state index contributed by atoms with van der Waals surface area (Å²) in [6.45, 7) is 8.66. The van der Waals surface area contributed by atoms with Crippen molar-refractivity contribution in [1.82, 2.24) is 14.8 Å². The number of hydrogen-bond donors (Lipinski definition) is 2. The third-order valence-electron chi connectivity index (χ3n) is 3.23. The molecule has 0 aromatic carbocycles. The molecule has 0 saturated heterocycles. The second-order valence-corrected chi connectivity index (χ2v) is 6.72. The Labute approximate surface area is 146 Å². The number of rotatable bonds is 3. The minimum Gasteiger partial charge on any atom is -0.444 e. The molecule has 0 aliphatic heterocycles. The fourth-order valence-electron chi connectivity index (χ4n) is 2.12. The Morgan fingerprint density at radius 2 is 1.88 bits per heavy atom. The Morgan fingerprint density at radius 1 is 1.20 bits per heavy atom. The van der Waals surface area contributed by atoms with E-state index in [1.54, 1.807) is 37.7 Å². The average Bonchev–Trinajstić information content (AvgIpc) is 2.75. The smallest absolute Gasteiger partial charge is 0.412 e. The van der Waals surface area contributed by atoms with Gasteiger partial charge in [-0.2, -0.15) is 5.10 Å². The molecule has 2 heterocycles. The van der Waals surface area contributed by atoms with E-state index in [1.165, 1.54) is 6.92 Å². The summed E-state index contributed by atoms with van der Waals surface area (Å²) in [6.07, 6.45) is 0.959. The molecule has 0 bridgehead atoms. The normalized spacial score (nSPS) is 11.1. The number of carbonyl (C=O) groups is 2. The molecular weight excluding hydrogens is 322 g/mol. The van der Waals surface area contributed by atoms with E-state index in [2.05, 4.69) is 20.7 Å². The standard InChI is InChI=1S/C17H23N5O3/c1-10-7-14(21-22(10)6)12-9-18-15(19-11(2)23)8-13(12)20-16(24)25-17(3,4)5/h7-9H,1-6H3,(H2,18,19,20,23,24). The van der Waals surface area contributed by atoms with Crippen LogP contribution in [0.25, 0.3) is 11.3 Å². The molecule has 0 atom stereocenters. The van der Waals surface area contributed by atoms with E-state index in [1.807, 2.05) is 20.0 Å². The lowest BCUT2D eigenvalue weighted by atomic mass is 10.1. The molecule has 0 spiro atoms. The van der Waals surface area contributed by atoms with Crippen LogP contribution in [0.4, 0.5) is 16.3 Å². The van der Waals surface area contributed by atoms with E-state index in [9.17, 15) is 9.59 Å². The summed E-state index contributed by atoms with van der Waals surface area (Å²) in [6, 6.07) is 3.46. The fourth-order valence-corrected chi connectivity index (χ4v) is 2.12. The quantitative estimate of drug-likeness (QED) is 0.891. The zero-order valence-corrected chi connectivity index (χ0v) is 15.3. The number of carbonyl (C=O) groups excluding carboxylic acids is 2. The van der Waals surface area contributed by atoms with Crippen LogP contribution in [-0.4, -0.2) is 32.4 Å². The molecule has 0 fully saturated rings. The van der Waals surface area contributed by atoms with Gasteiger partial charge in [-0.05, 0) is 33.8 Å². The Morgan fingerprint density at radius 3 is 2.40 bits per heavy atom. The maximum absolute atomic E-state index is 12.2. The van der Waals surface area contributed by atoms with E-state index in [4.69, 9.17) is 4.74 Å². The Kier molecular flexibility index (Phi) is 5.10. The van der Waals surface area contributed by atoms with Crippen LogP contribution in [-0.2, 0) is 16.6 Å². The van der Waals surface area contributed by atoms with E-state index in [0.717, 1.165) is 5.69 Å². The minimum absolute atomic E-state index is 0.253. The first-order valence-electron chi connectivity index (χ1n) is 7.84. The van der Waals surface area contributed by atoms with Crippen molar-refractivity contribution in [3.63, 3.8) is 0 Å². The second-order valence-electron chi connectivity index (χ2n) is 6.72. The molecule has 0 aliphatic carbocycles. The molecule has 0 aliphatic rings. The van der Waals surface area contributed by atoms with Gasteiger partial charge in [-0.25, -0.2) is 9.78 Å². The number of aromatic nitrogens is 3. The van der Waals surface area contributed by atoms with E-state index in [-0.39, 0.29) is 5.91 Å². The van der Waals surface area contributed by atoms with Gasteiger partial charge in [0.05, 0.1) is 11.4 Å². The van der Waals surface area contributed by atoms with Crippen molar-refractivity contribution in [2.24, 2.45) is 7.05 Å². The molecule has 2 aromatic heterocycles. The van der Waals surface area contributed by atoms with E-state index in [0.29, 0.717) is 22.8 Å². The molecule has 0 saturated carbocycles. The summed E-state index contributed by atoms with van der Waals surface area (Å²) in [4.78, 5) is 27.6. The largest absolute Gasteiger partial charge is 0.444 e. The third-order valence-corrected chi connectivity index (χ3v) is 3.23. The summed E-state index contributed by atoms with van der Waals surface area (Å²) >= 11 is 0. The predicted molar refractivity (Wildman–Crippen MR) is 95.3 cm³/mol. The molecule has 2 amide bonds. The van der Waals surface area contributed by atoms with Gasteiger partial charge in [0, 0.05) is 37.5 Å². The highest BCUT2D eigenvalue weighted by atomic mass is 16.6. The van der Waals surface area contributed by atoms with Gasteiger partial charge in [-0.1, -0.05) is 0 Å². The summed E-state index contributed by atoms with van der Waals surface area (Å²) in [7, 11) is 1.83. The summed E-state index contributed by atoms with van der Waals surface area (Å²) < 4.78 is 7.03. The van der Waals surface area contributed by atoms with Gasteiger partial charge in [0.1, 0.15) is 11.4 Å². The highest BCUT2D eigenvalue weighted by molar-refractivity contribution is 5.94. The number of ether oxygens (including phenoxy) is 1. The maximum Gasteiger partial charge on any atom is 0.412 e. The molecule has 0 unspecified atom stereocenters. The molecule has 134 valence electrons. The summed E-state index contributed by atoms with van der Waals surface area (Å²) in [5.41, 5.74) is 2.08. The molecule has 2 aromatic rings. The number of anilines is 2. The summed E-state index contributed by atoms with van der Waals surface area (Å²) in [5.74, 6) is 0.0760. The first kappa shape index (κ1) is 18.4. The molecule has 8 heteroatoms. The number of nitrogens with zero attached hydrogens (tertiary/aromatic N) is 3. The van der Waals surface area contributed by atoms with Gasteiger partial charge < -0.3 is 10.1 Å². The van der Waals surface area contributed by atoms with Crippen LogP contribution in [0.5, 0.6) is 0 Å². The SMILES string of the molecule is CC(=O)Nc1cc(NC(=O)OC(C)(C)C)c(-c2cc(C)n(C)n2)cn1. The van der Waals surface area contributed by atoms with E-state index < -0.39 is 11.7 Å². The molecule has 25 heavy (non-hydrogen) atoms. The van der Waals surface area contributed by atoms with Gasteiger partial charge in [0.15, 0.2) is 0 Å². The van der Waals surface area contributed by atoms with Crippen LogP contribution in [0.15, 0.2) is 18.3 Å². The number of aryl methyl sites for hydroxylation is 2. The Hall–Kier alpha value is -2.90. The monoisotopic (exact) mass is 345 g/mol. The molecule has 0 radical (unpaired) electrons. The van der Waals surface area contributed by atoms with E-state index >= 15 is 0 Å². The number of amides is 2. The van der Waals surface area contributed by atoms with Crippen LogP contribution in [0.1, 0.15) is 33.4 Å². The average molecular weight is 345 g/mol. The first-order valence-corrected chi connectivity index (χ1v) is 7.84. The van der Waals surface area contributed by atoms with Crippen LogP contribution in [0.3, 0.4) is 0 Å². The van der Waals surface area contributed by atoms with Gasteiger partial charge in [0.2, 0.25) is 5.91 Å². The maximum atomic E-state index is 12.2. The lowest BCUT2D eigenvalue weighted by Gasteiger charge is -2.20. The second kappa shape index (κ2) is 6.92. The summed E-state index contributed by atoms with van der Waals surface area (Å²) in [5, 5.41) is 9.71. The van der Waals surface area contributed by atoms with Crippen molar-refractivity contribution >= 4 is 23.5 Å². The zero-order chi connectivity index (χ0) is 18.8. The lowest BCUT2D eigenvalue weighted by molar-refractivity contribution is -0.114. The molecular formula is C17H23N5O3. The third kappa shape index (κ3) is 5.03. The van der Waals surface area contributed by atoms with Gasteiger partial charge in [-0.15, -0.1) is 0 Å². The van der Waals surface area contributed by atoms with Crippen molar-refractivity contribution in [3.05, 3.63) is 24.0 Å². The highest BCUT2D eigenvalue weighted by Gasteiger charge is 2.19. The first-order chi connectivity index (χ1) is 11.5. The lowest BCUT2D eigenvalue weighted by Crippen LogP contribution is -2.27. The van der Waals surface area contributed by atoms with Crippen molar-refractivity contribution in [2.75, 3.05) is 10.6 Å². The van der Waals surface area contributed by atoms with Crippen molar-refractivity contribution in [2.45, 2.75) is 40.2 Å². The highest BCUT2D eigenvalue weighted by Crippen LogP contribution is 2.29. The predicted octanol–water partition coefficient (Wildman–Crippen LogP) is 3.10. The molecule has 8 nitrogen and oxygen atoms in total. The van der Waals surface area contributed by atoms with Crippen LogP contribution in [0, 0.1) is 6.92 Å². The zero-order valence-electron chi connectivity index (χ0n) is 15.3. The van der Waals surface area contributed by atoms with Crippen molar-refractivity contribution in [3.8, 4) is 11.3 Å². The van der Waals surface area contributed by atoms with Gasteiger partial charge in [-0.3, -0.25) is 14.8 Å². The fraction of sp³-hybridized carbons (Fsp3) is 0.412.